The molecule has 0 unspecified atom stereocenters. The number of alkyl halides is 9. The van der Waals surface area contributed by atoms with Crippen LogP contribution in [0.3, 0.4) is 0 Å². The second kappa shape index (κ2) is 23.6. The zero-order chi connectivity index (χ0) is 60.2. The van der Waals surface area contributed by atoms with Crippen LogP contribution in [0.1, 0.15) is 78.7 Å². The van der Waals surface area contributed by atoms with Crippen molar-refractivity contribution in [3.63, 3.8) is 0 Å². The molecular formula is C50H58F9N25. The summed E-state index contributed by atoms with van der Waals surface area (Å²) in [5, 5.41) is 46.8. The fourth-order valence-corrected chi connectivity index (χ4v) is 9.20. The number of halogens is 9. The van der Waals surface area contributed by atoms with Crippen molar-refractivity contribution in [3.8, 4) is 6.07 Å². The Balaban J connectivity index is 0.000000151. The van der Waals surface area contributed by atoms with Crippen LogP contribution in [0, 0.1) is 48.3 Å². The SMILES string of the molecule is CNc1nc(Nc2cn(CC3(CC#N)CC3)nc2C)ncc1C(F)(F)F.CNc1nc(Nc2cn(CC3(Cn4cncn4)CC3)nc2C)ncc1C(F)(F)F.CNc1nc(Nc2cnn(CC3(Cn4cncn4)CC3)c2C)ncc1C(F)(F)F. The molecule has 3 aliphatic rings. The van der Waals surface area contributed by atoms with Gasteiger partial charge in [-0.05, 0) is 59.3 Å². The summed E-state index contributed by atoms with van der Waals surface area (Å²) in [7, 11) is 4.14. The number of aromatic nitrogens is 18. The molecule has 446 valence electrons. The minimum absolute atomic E-state index is 0.00532. The molecule has 0 bridgehead atoms. The molecule has 8 heterocycles. The van der Waals surface area contributed by atoms with Crippen LogP contribution >= 0.6 is 0 Å². The van der Waals surface area contributed by atoms with Gasteiger partial charge in [0.05, 0.1) is 59.5 Å². The van der Waals surface area contributed by atoms with Crippen molar-refractivity contribution in [2.75, 3.05) is 53.0 Å². The number of anilines is 9. The molecule has 0 atom stereocenters. The van der Waals surface area contributed by atoms with Gasteiger partial charge >= 0.3 is 18.5 Å². The Hall–Kier alpha value is -9.19. The quantitative estimate of drug-likeness (QED) is 0.0388. The van der Waals surface area contributed by atoms with E-state index in [2.05, 4.69) is 103 Å². The lowest BCUT2D eigenvalue weighted by Gasteiger charge is -2.16. The molecule has 0 spiro atoms. The van der Waals surface area contributed by atoms with Crippen LogP contribution in [0.15, 0.2) is 62.5 Å². The van der Waals surface area contributed by atoms with E-state index in [1.54, 1.807) is 36.7 Å². The number of hydrogen-bond donors (Lipinski definition) is 6. The van der Waals surface area contributed by atoms with Gasteiger partial charge in [-0.1, -0.05) is 0 Å². The van der Waals surface area contributed by atoms with E-state index in [1.165, 1.54) is 33.8 Å². The van der Waals surface area contributed by atoms with E-state index in [1.807, 2.05) is 38.8 Å². The number of rotatable bonds is 20. The third kappa shape index (κ3) is 14.5. The Morgan fingerprint density at radius 2 is 0.869 bits per heavy atom. The molecule has 25 nitrogen and oxygen atoms in total. The highest BCUT2D eigenvalue weighted by Gasteiger charge is 2.46. The van der Waals surface area contributed by atoms with Crippen molar-refractivity contribution in [3.05, 3.63) is 96.3 Å². The number of aryl methyl sites for hydroxylation is 2. The summed E-state index contributed by atoms with van der Waals surface area (Å²) in [5.41, 5.74) is 1.54. The predicted molar refractivity (Wildman–Crippen MR) is 286 cm³/mol. The third-order valence-corrected chi connectivity index (χ3v) is 14.5. The minimum atomic E-state index is -4.53. The van der Waals surface area contributed by atoms with Gasteiger partial charge in [-0.2, -0.15) is 85.2 Å². The van der Waals surface area contributed by atoms with Gasteiger partial charge in [0, 0.05) is 94.4 Å². The minimum Gasteiger partial charge on any atom is -0.372 e. The van der Waals surface area contributed by atoms with Gasteiger partial charge in [-0.25, -0.2) is 24.9 Å². The highest BCUT2D eigenvalue weighted by molar-refractivity contribution is 5.60. The number of nitriles is 1. The number of nitrogens with one attached hydrogen (secondary N) is 6. The molecule has 0 aliphatic heterocycles. The average Bonchev–Trinajstić information content (AvgIpc) is 2.12. The van der Waals surface area contributed by atoms with Crippen LogP contribution in [0.2, 0.25) is 0 Å². The van der Waals surface area contributed by atoms with Crippen LogP contribution in [0.4, 0.5) is 91.9 Å². The van der Waals surface area contributed by atoms with Crippen molar-refractivity contribution in [1.82, 2.24) is 88.8 Å². The van der Waals surface area contributed by atoms with Crippen molar-refractivity contribution in [2.45, 2.75) is 117 Å². The van der Waals surface area contributed by atoms with Crippen LogP contribution in [-0.2, 0) is 51.3 Å². The summed E-state index contributed by atoms with van der Waals surface area (Å²) in [6, 6.07) is 2.21. The Morgan fingerprint density at radius 1 is 0.500 bits per heavy atom. The second-order valence-electron chi connectivity index (χ2n) is 21.0. The van der Waals surface area contributed by atoms with Gasteiger partial charge in [-0.3, -0.25) is 23.4 Å². The molecule has 3 fully saturated rings. The predicted octanol–water partition coefficient (Wildman–Crippen LogP) is 9.19. The monoisotopic (exact) mass is 1180 g/mol. The molecule has 8 aromatic rings. The lowest BCUT2D eigenvalue weighted by atomic mass is 10.0. The van der Waals surface area contributed by atoms with Gasteiger partial charge in [0.2, 0.25) is 17.8 Å². The molecule has 6 N–H and O–H groups in total. The second-order valence-corrected chi connectivity index (χ2v) is 21.0. The molecular weight excluding hydrogens is 1120 g/mol. The van der Waals surface area contributed by atoms with E-state index in [4.69, 9.17) is 5.26 Å². The molecule has 0 aromatic carbocycles. The van der Waals surface area contributed by atoms with Crippen molar-refractivity contribution >= 4 is 52.4 Å². The van der Waals surface area contributed by atoms with E-state index in [0.29, 0.717) is 48.0 Å². The molecule has 0 saturated heterocycles. The molecule has 8 aromatic heterocycles. The fourth-order valence-electron chi connectivity index (χ4n) is 9.20. The summed E-state index contributed by atoms with van der Waals surface area (Å²) < 4.78 is 126. The average molecular weight is 1180 g/mol. The van der Waals surface area contributed by atoms with Gasteiger partial charge in [-0.15, -0.1) is 0 Å². The first-order valence-electron chi connectivity index (χ1n) is 26.1. The lowest BCUT2D eigenvalue weighted by molar-refractivity contribution is -0.138. The molecule has 0 radical (unpaired) electrons. The number of hydrogen-bond acceptors (Lipinski definition) is 20. The maximum atomic E-state index is 13.0. The van der Waals surface area contributed by atoms with E-state index in [0.717, 1.165) is 82.4 Å². The van der Waals surface area contributed by atoms with Crippen LogP contribution in [-0.4, -0.2) is 110 Å². The van der Waals surface area contributed by atoms with Gasteiger partial charge in [0.25, 0.3) is 0 Å². The standard InChI is InChI=1S/2C17H20F3N9.C16H18F3N7/c1-11-13(25-15-23-5-12(17(18,19)20)14(21-2)26-15)6-28(27-11)7-16(3-4-16)8-29-10-22-9-24-29;1-11-13(26-15-23-5-12(17(18,19)20)14(21-2)27-15)6-24-29(11)8-16(3-4-16)7-28-10-22-9-25-28;1-10-12(8-26(25-10)9-15(3-4-15)5-6-20)23-14-22-7-11(16(17,18)19)13(21-2)24-14/h5-6,9-10H,3-4,7-8H2,1-2H3,(H2,21,23,25,26);5-6,9-10H,3-4,7-8H2,1-2H3,(H2,21,23,26,27);7-8H,3-5,9H2,1-2H3,(H2,21,22,23,24). The summed E-state index contributed by atoms with van der Waals surface area (Å²) >= 11 is 0. The van der Waals surface area contributed by atoms with Crippen LogP contribution in [0.25, 0.3) is 0 Å². The third-order valence-electron chi connectivity index (χ3n) is 14.5. The maximum Gasteiger partial charge on any atom is 0.421 e. The topological polar surface area (TPSA) is 288 Å². The first-order valence-corrected chi connectivity index (χ1v) is 26.1. The normalized spacial score (nSPS) is 15.4. The Kier molecular flexibility index (Phi) is 16.7. The molecule has 0 amide bonds. The molecule has 3 saturated carbocycles. The zero-order valence-electron chi connectivity index (χ0n) is 46.2. The van der Waals surface area contributed by atoms with E-state index in [-0.39, 0.29) is 51.5 Å². The first kappa shape index (κ1) is 59.4. The van der Waals surface area contributed by atoms with Gasteiger partial charge < -0.3 is 31.9 Å². The van der Waals surface area contributed by atoms with Crippen molar-refractivity contribution in [2.24, 2.45) is 16.2 Å². The summed E-state index contributed by atoms with van der Waals surface area (Å²) in [4.78, 5) is 31.0. The van der Waals surface area contributed by atoms with Crippen molar-refractivity contribution < 1.29 is 39.5 Å². The Morgan fingerprint density at radius 3 is 1.21 bits per heavy atom. The van der Waals surface area contributed by atoms with Crippen LogP contribution < -0.4 is 31.9 Å². The van der Waals surface area contributed by atoms with Gasteiger partial charge in [0.15, 0.2) is 0 Å². The maximum absolute atomic E-state index is 13.0. The fraction of sp³-hybridized carbons (Fsp3) is 0.480. The van der Waals surface area contributed by atoms with E-state index in [9.17, 15) is 39.5 Å². The molecule has 34 heteroatoms. The molecule has 84 heavy (non-hydrogen) atoms. The largest absolute Gasteiger partial charge is 0.421 e. The van der Waals surface area contributed by atoms with E-state index >= 15 is 0 Å². The summed E-state index contributed by atoms with van der Waals surface area (Å²) in [6.07, 6.45) is 7.07. The van der Waals surface area contributed by atoms with Gasteiger partial charge in [0.1, 0.15) is 59.5 Å². The Bertz CT molecular complexity index is 3500. The summed E-state index contributed by atoms with van der Waals surface area (Å²) in [5.74, 6) is -0.703. The number of nitrogens with zero attached hydrogens (tertiary/aromatic N) is 19. The highest BCUT2D eigenvalue weighted by atomic mass is 19.4. The van der Waals surface area contributed by atoms with E-state index < -0.39 is 35.2 Å². The summed E-state index contributed by atoms with van der Waals surface area (Å²) in [6.45, 7) is 9.10. The molecule has 3 aliphatic carbocycles. The smallest absolute Gasteiger partial charge is 0.372 e. The van der Waals surface area contributed by atoms with Crippen LogP contribution in [0.5, 0.6) is 0 Å². The van der Waals surface area contributed by atoms with Crippen molar-refractivity contribution in [1.29, 1.82) is 5.26 Å². The molecule has 11 rings (SSSR count). The zero-order valence-corrected chi connectivity index (χ0v) is 46.2. The Labute approximate surface area is 473 Å². The highest BCUT2D eigenvalue weighted by Crippen LogP contribution is 2.51. The lowest BCUT2D eigenvalue weighted by Crippen LogP contribution is -2.20. The first-order chi connectivity index (χ1) is 39.8.